The number of carbonyl (C=O) groups is 4. The Hall–Kier alpha value is -3.26. The number of aliphatic imine (C=N–C) groups is 1. The standard InChI is InChI=1S/C27H43N7O6.C8H16/c1-5-24(35)28-21(3)30(4)25(36)19-33-13-11-31(6-2)10-12-32(14-16-34(17-15-33)20-26(37)38)18-22-8-7-9-23(29-22)27(39)40;1-2-4-6-8-7-5-3-1/h7-9H,5-6,10-20H2,1-4H3,(H,37,38)(H,39,40);1-8H2. The summed E-state index contributed by atoms with van der Waals surface area (Å²) in [6, 6.07) is 4.94. The average Bonchev–Trinajstić information content (AvgIpc) is 3.04. The molecule has 2 aliphatic rings. The summed E-state index contributed by atoms with van der Waals surface area (Å²) >= 11 is 0. The number of carboxylic acids is 2. The molecule has 0 radical (unpaired) electrons. The summed E-state index contributed by atoms with van der Waals surface area (Å²) in [5.74, 6) is -2.14. The van der Waals surface area contributed by atoms with Crippen LogP contribution in [0.2, 0.25) is 0 Å². The van der Waals surface area contributed by atoms with Crippen molar-refractivity contribution in [3.8, 4) is 0 Å². The Balaban J connectivity index is 0.000000870. The highest BCUT2D eigenvalue weighted by atomic mass is 16.4. The first-order valence-corrected chi connectivity index (χ1v) is 17.7. The van der Waals surface area contributed by atoms with Crippen LogP contribution in [-0.4, -0.2) is 148 Å². The quantitative estimate of drug-likeness (QED) is 0.293. The molecule has 48 heavy (non-hydrogen) atoms. The van der Waals surface area contributed by atoms with E-state index in [1.165, 1.54) is 62.3 Å². The molecule has 3 rings (SSSR count). The molecule has 2 amide bonds. The molecule has 0 spiro atoms. The Morgan fingerprint density at radius 1 is 0.750 bits per heavy atom. The number of likely N-dealkylation sites (N-methyl/N-ethyl adjacent to an activating group) is 2. The van der Waals surface area contributed by atoms with Crippen molar-refractivity contribution in [1.82, 2.24) is 29.5 Å². The van der Waals surface area contributed by atoms with Crippen LogP contribution in [0.3, 0.4) is 0 Å². The number of nitrogens with zero attached hydrogens (tertiary/aromatic N) is 7. The molecule has 1 aromatic heterocycles. The second-order valence-corrected chi connectivity index (χ2v) is 12.7. The lowest BCUT2D eigenvalue weighted by atomic mass is 10.0. The molecule has 1 aromatic rings. The zero-order valence-electron chi connectivity index (χ0n) is 29.7. The van der Waals surface area contributed by atoms with Crippen LogP contribution < -0.4 is 0 Å². The maximum absolute atomic E-state index is 13.0. The van der Waals surface area contributed by atoms with E-state index in [2.05, 4.69) is 26.7 Å². The second-order valence-electron chi connectivity index (χ2n) is 12.7. The van der Waals surface area contributed by atoms with Gasteiger partial charge >= 0.3 is 11.9 Å². The predicted molar refractivity (Wildman–Crippen MR) is 187 cm³/mol. The lowest BCUT2D eigenvalue weighted by molar-refractivity contribution is -0.138. The maximum atomic E-state index is 13.0. The van der Waals surface area contributed by atoms with Crippen LogP contribution in [-0.2, 0) is 20.9 Å². The van der Waals surface area contributed by atoms with Crippen molar-refractivity contribution in [2.24, 2.45) is 4.99 Å². The van der Waals surface area contributed by atoms with E-state index >= 15 is 0 Å². The summed E-state index contributed by atoms with van der Waals surface area (Å²) in [5, 5.41) is 18.8. The van der Waals surface area contributed by atoms with Crippen LogP contribution >= 0.6 is 0 Å². The third-order valence-electron chi connectivity index (χ3n) is 8.95. The van der Waals surface area contributed by atoms with E-state index in [-0.39, 0.29) is 37.0 Å². The molecule has 13 heteroatoms. The zero-order chi connectivity index (χ0) is 35.3. The van der Waals surface area contributed by atoms with Crippen molar-refractivity contribution < 1.29 is 29.4 Å². The zero-order valence-corrected chi connectivity index (χ0v) is 29.7. The number of pyridine rings is 1. The highest BCUT2D eigenvalue weighted by Crippen LogP contribution is 2.15. The van der Waals surface area contributed by atoms with Gasteiger partial charge < -0.3 is 20.0 Å². The van der Waals surface area contributed by atoms with Crippen LogP contribution in [0.1, 0.15) is 94.7 Å². The molecule has 0 aromatic carbocycles. The summed E-state index contributed by atoms with van der Waals surface area (Å²) in [6.45, 7) is 11.5. The van der Waals surface area contributed by atoms with Gasteiger partial charge in [-0.15, -0.1) is 0 Å². The van der Waals surface area contributed by atoms with Crippen molar-refractivity contribution in [3.63, 3.8) is 0 Å². The van der Waals surface area contributed by atoms with E-state index < -0.39 is 11.9 Å². The minimum atomic E-state index is -1.08. The predicted octanol–water partition coefficient (Wildman–Crippen LogP) is 3.54. The highest BCUT2D eigenvalue weighted by molar-refractivity contribution is 6.02. The van der Waals surface area contributed by atoms with Crippen LogP contribution in [0, 0.1) is 0 Å². The first kappa shape index (κ1) is 40.9. The molecule has 1 saturated heterocycles. The maximum Gasteiger partial charge on any atom is 0.354 e. The van der Waals surface area contributed by atoms with Crippen molar-refractivity contribution in [2.45, 2.75) is 85.1 Å². The monoisotopic (exact) mass is 673 g/mol. The number of hydrogen-bond acceptors (Lipinski definition) is 9. The van der Waals surface area contributed by atoms with Crippen molar-refractivity contribution >= 4 is 29.6 Å². The van der Waals surface area contributed by atoms with Gasteiger partial charge in [-0.3, -0.25) is 29.1 Å². The Labute approximate surface area is 287 Å². The molecule has 2 N–H and O–H groups in total. The first-order valence-electron chi connectivity index (χ1n) is 17.7. The molecule has 0 atom stereocenters. The molecule has 0 unspecified atom stereocenters. The molecule has 2 heterocycles. The lowest BCUT2D eigenvalue weighted by Gasteiger charge is -2.33. The Morgan fingerprint density at radius 3 is 1.69 bits per heavy atom. The van der Waals surface area contributed by atoms with Crippen LogP contribution in [0.15, 0.2) is 23.2 Å². The van der Waals surface area contributed by atoms with Crippen LogP contribution in [0.4, 0.5) is 0 Å². The number of carboxylic acid groups (broad SMARTS) is 2. The molecule has 0 bridgehead atoms. The van der Waals surface area contributed by atoms with Gasteiger partial charge in [-0.2, -0.15) is 0 Å². The minimum absolute atomic E-state index is 0.00625. The minimum Gasteiger partial charge on any atom is -0.480 e. The Kier molecular flexibility index (Phi) is 19.7. The van der Waals surface area contributed by atoms with Gasteiger partial charge in [-0.1, -0.05) is 71.3 Å². The van der Waals surface area contributed by atoms with Crippen molar-refractivity contribution in [1.29, 1.82) is 0 Å². The Morgan fingerprint density at radius 2 is 1.23 bits per heavy atom. The number of carbonyl (C=O) groups excluding carboxylic acids is 2. The van der Waals surface area contributed by atoms with Gasteiger partial charge in [0, 0.05) is 72.4 Å². The highest BCUT2D eigenvalue weighted by Gasteiger charge is 2.21. The number of rotatable bonds is 9. The summed E-state index contributed by atoms with van der Waals surface area (Å²) in [7, 11) is 1.60. The van der Waals surface area contributed by atoms with Crippen LogP contribution in [0.25, 0.3) is 0 Å². The number of amides is 2. The molecule has 1 saturated carbocycles. The van der Waals surface area contributed by atoms with E-state index in [4.69, 9.17) is 0 Å². The first-order chi connectivity index (χ1) is 23.0. The average molecular weight is 674 g/mol. The van der Waals surface area contributed by atoms with Crippen LogP contribution in [0.5, 0.6) is 0 Å². The van der Waals surface area contributed by atoms with Crippen molar-refractivity contribution in [3.05, 3.63) is 29.6 Å². The fraction of sp³-hybridized carbons (Fsp3) is 0.714. The smallest absolute Gasteiger partial charge is 0.354 e. The number of amidine groups is 1. The van der Waals surface area contributed by atoms with Gasteiger partial charge in [-0.25, -0.2) is 14.8 Å². The number of aromatic nitrogens is 1. The van der Waals surface area contributed by atoms with Gasteiger partial charge in [0.2, 0.25) is 11.8 Å². The molecular weight excluding hydrogens is 614 g/mol. The summed E-state index contributed by atoms with van der Waals surface area (Å²) < 4.78 is 0. The van der Waals surface area contributed by atoms with Gasteiger partial charge in [-0.05, 0) is 25.6 Å². The summed E-state index contributed by atoms with van der Waals surface area (Å²) in [6.07, 6.45) is 12.3. The van der Waals surface area contributed by atoms with E-state index in [1.807, 2.05) is 9.80 Å². The third-order valence-corrected chi connectivity index (χ3v) is 8.95. The summed E-state index contributed by atoms with van der Waals surface area (Å²) in [5.41, 5.74) is 0.640. The number of aliphatic carboxylic acids is 1. The fourth-order valence-electron chi connectivity index (χ4n) is 5.70. The van der Waals surface area contributed by atoms with E-state index in [9.17, 15) is 29.4 Å². The normalized spacial score (nSPS) is 18.6. The molecule has 13 nitrogen and oxygen atoms in total. The number of hydrogen-bond donors (Lipinski definition) is 2. The second kappa shape index (κ2) is 23.2. The van der Waals surface area contributed by atoms with Gasteiger partial charge in [0.1, 0.15) is 11.5 Å². The topological polar surface area (TPSA) is 150 Å². The van der Waals surface area contributed by atoms with E-state index in [0.717, 1.165) is 13.1 Å². The SMILES string of the molecule is C1CCCCCCC1.CCC(=O)N=C(C)N(C)C(=O)CN1CCN(CC)CCN(Cc2cccc(C(=O)O)n2)CCN(CC(=O)O)CC1. The van der Waals surface area contributed by atoms with Gasteiger partial charge in [0.05, 0.1) is 18.8 Å². The molecular formula is C35H59N7O6. The molecule has 1 aliphatic heterocycles. The molecule has 270 valence electrons. The van der Waals surface area contributed by atoms with E-state index in [0.29, 0.717) is 63.9 Å². The molecule has 2 fully saturated rings. The van der Waals surface area contributed by atoms with Crippen molar-refractivity contribution in [2.75, 3.05) is 79.0 Å². The fourth-order valence-corrected chi connectivity index (χ4v) is 5.70. The largest absolute Gasteiger partial charge is 0.480 e. The summed E-state index contributed by atoms with van der Waals surface area (Å²) in [4.78, 5) is 65.6. The lowest BCUT2D eigenvalue weighted by Crippen LogP contribution is -2.49. The molecule has 1 aliphatic carbocycles. The number of aromatic carboxylic acids is 1. The Bertz CT molecular complexity index is 1160. The van der Waals surface area contributed by atoms with Gasteiger partial charge in [0.25, 0.3) is 0 Å². The van der Waals surface area contributed by atoms with E-state index in [1.54, 1.807) is 33.0 Å². The third kappa shape index (κ3) is 16.7. The van der Waals surface area contributed by atoms with Gasteiger partial charge in [0.15, 0.2) is 0 Å².